The van der Waals surface area contributed by atoms with E-state index in [4.69, 9.17) is 5.26 Å². The van der Waals surface area contributed by atoms with Crippen LogP contribution in [0, 0.1) is 17.4 Å². The van der Waals surface area contributed by atoms with Gasteiger partial charge in [-0.2, -0.15) is 14.6 Å². The van der Waals surface area contributed by atoms with E-state index in [1.165, 1.54) is 0 Å². The van der Waals surface area contributed by atoms with Crippen LogP contribution in [0.3, 0.4) is 0 Å². The maximum atomic E-state index is 13.1. The summed E-state index contributed by atoms with van der Waals surface area (Å²) in [4.78, 5) is 20.1. The molecule has 0 spiro atoms. The molecule has 1 aliphatic heterocycles. The first-order valence-electron chi connectivity index (χ1n) is 6.17. The molecule has 0 unspecified atom stereocenters. The number of hydrogen-bond acceptors (Lipinski definition) is 5. The van der Waals surface area contributed by atoms with E-state index in [9.17, 15) is 9.18 Å². The third-order valence-electron chi connectivity index (χ3n) is 3.30. The van der Waals surface area contributed by atoms with E-state index in [2.05, 4.69) is 15.3 Å². The fourth-order valence-electron chi connectivity index (χ4n) is 2.22. The maximum absolute atomic E-state index is 13.1. The lowest BCUT2D eigenvalue weighted by Crippen LogP contribution is -2.20. The first-order valence-corrected chi connectivity index (χ1v) is 6.17. The molecular weight excluding hydrogens is 273 g/mol. The van der Waals surface area contributed by atoms with Gasteiger partial charge in [-0.05, 0) is 23.8 Å². The Morgan fingerprint density at radius 1 is 1.48 bits per heavy atom. The van der Waals surface area contributed by atoms with Gasteiger partial charge in [-0.3, -0.25) is 4.79 Å². The molecule has 0 radical (unpaired) electrons. The number of anilines is 3. The minimum absolute atomic E-state index is 0.0212. The second-order valence-electron chi connectivity index (χ2n) is 4.61. The third-order valence-corrected chi connectivity index (χ3v) is 3.30. The van der Waals surface area contributed by atoms with Gasteiger partial charge >= 0.3 is 6.08 Å². The first kappa shape index (κ1) is 13.0. The van der Waals surface area contributed by atoms with Crippen LogP contribution in [0.15, 0.2) is 24.4 Å². The Bertz CT molecular complexity index is 783. The van der Waals surface area contributed by atoms with Crippen LogP contribution >= 0.6 is 0 Å². The lowest BCUT2D eigenvalue weighted by molar-refractivity contribution is -0.117. The molecule has 21 heavy (non-hydrogen) atoms. The minimum atomic E-state index is -0.910. The van der Waals surface area contributed by atoms with Gasteiger partial charge in [0.15, 0.2) is 5.82 Å². The van der Waals surface area contributed by atoms with E-state index in [0.29, 0.717) is 12.1 Å². The van der Waals surface area contributed by atoms with Crippen molar-refractivity contribution in [1.29, 1.82) is 5.26 Å². The molecule has 1 amide bonds. The third kappa shape index (κ3) is 2.27. The van der Waals surface area contributed by atoms with Gasteiger partial charge in [0.2, 0.25) is 5.91 Å². The van der Waals surface area contributed by atoms with Gasteiger partial charge in [-0.25, -0.2) is 4.98 Å². The van der Waals surface area contributed by atoms with Gasteiger partial charge in [0.1, 0.15) is 11.6 Å². The molecule has 0 fully saturated rings. The lowest BCUT2D eigenvalue weighted by Gasteiger charge is -2.11. The van der Waals surface area contributed by atoms with Crippen molar-refractivity contribution in [2.75, 3.05) is 17.3 Å². The van der Waals surface area contributed by atoms with Crippen molar-refractivity contribution in [2.24, 2.45) is 0 Å². The highest BCUT2D eigenvalue weighted by Crippen LogP contribution is 2.31. The molecule has 1 aromatic carbocycles. The fourth-order valence-corrected chi connectivity index (χ4v) is 2.22. The Labute approximate surface area is 119 Å². The molecule has 1 N–H and O–H groups in total. The highest BCUT2D eigenvalue weighted by molar-refractivity contribution is 6.01. The molecule has 7 heteroatoms. The molecule has 2 heterocycles. The molecular formula is C14H10FN5O. The first-order chi connectivity index (χ1) is 10.1. The van der Waals surface area contributed by atoms with Gasteiger partial charge in [-0.15, -0.1) is 0 Å². The number of hydrogen-bond donors (Lipinski definition) is 1. The number of nitrogens with one attached hydrogen (secondary N) is 1. The predicted molar refractivity (Wildman–Crippen MR) is 73.5 cm³/mol. The van der Waals surface area contributed by atoms with Gasteiger partial charge in [0.05, 0.1) is 12.6 Å². The number of carbonyl (C=O) groups is 1. The van der Waals surface area contributed by atoms with Crippen molar-refractivity contribution in [3.63, 3.8) is 0 Å². The molecule has 2 aromatic rings. The number of benzene rings is 1. The van der Waals surface area contributed by atoms with Crippen molar-refractivity contribution >= 4 is 23.1 Å². The Hall–Kier alpha value is -3.01. The monoisotopic (exact) mass is 283 g/mol. The predicted octanol–water partition coefficient (Wildman–Crippen LogP) is 1.75. The van der Waals surface area contributed by atoms with E-state index < -0.39 is 6.08 Å². The number of rotatable bonds is 2. The molecule has 6 nitrogen and oxygen atoms in total. The molecule has 0 atom stereocenters. The number of aromatic nitrogens is 2. The smallest absolute Gasteiger partial charge is 0.310 e. The zero-order chi connectivity index (χ0) is 15.0. The van der Waals surface area contributed by atoms with Crippen molar-refractivity contribution < 1.29 is 9.18 Å². The van der Waals surface area contributed by atoms with Crippen LogP contribution < -0.4 is 10.2 Å². The highest BCUT2D eigenvalue weighted by Gasteiger charge is 2.24. The Balaban J connectivity index is 1.94. The number of fused-ring (bicyclic) bond motifs is 1. The summed E-state index contributed by atoms with van der Waals surface area (Å²) < 4.78 is 13.1. The summed E-state index contributed by atoms with van der Waals surface area (Å²) in [7, 11) is 1.72. The lowest BCUT2D eigenvalue weighted by atomic mass is 10.1. The Kier molecular flexibility index (Phi) is 2.99. The SMILES string of the molecule is CN1C(=O)Cc2cc(Nc3nc(F)ncc3C#N)ccc21. The fraction of sp³-hybridized carbons (Fsp3) is 0.143. The quantitative estimate of drug-likeness (QED) is 0.849. The van der Waals surface area contributed by atoms with Crippen LogP contribution in [0.5, 0.6) is 0 Å². The van der Waals surface area contributed by atoms with Crippen LogP contribution in [-0.2, 0) is 11.2 Å². The van der Waals surface area contributed by atoms with Crippen LogP contribution in [0.4, 0.5) is 21.6 Å². The standard InChI is InChI=1S/C14H10FN5O/c1-20-11-3-2-10(4-8(11)5-12(20)21)18-13-9(6-16)7-17-14(15)19-13/h2-4,7H,5H2,1H3,(H,17,18,19). The second kappa shape index (κ2) is 4.83. The van der Waals surface area contributed by atoms with Crippen LogP contribution in [0.1, 0.15) is 11.1 Å². The van der Waals surface area contributed by atoms with Crippen LogP contribution in [0.25, 0.3) is 0 Å². The van der Waals surface area contributed by atoms with E-state index in [1.807, 2.05) is 6.07 Å². The van der Waals surface area contributed by atoms with Gasteiger partial charge < -0.3 is 10.2 Å². The summed E-state index contributed by atoms with van der Waals surface area (Å²) in [5, 5.41) is 11.8. The number of nitriles is 1. The van der Waals surface area contributed by atoms with Crippen LogP contribution in [0.2, 0.25) is 0 Å². The summed E-state index contributed by atoms with van der Waals surface area (Å²) in [6.07, 6.45) is 0.535. The minimum Gasteiger partial charge on any atom is -0.339 e. The van der Waals surface area contributed by atoms with E-state index in [0.717, 1.165) is 17.4 Å². The van der Waals surface area contributed by atoms with Crippen molar-refractivity contribution in [3.05, 3.63) is 41.6 Å². The highest BCUT2D eigenvalue weighted by atomic mass is 19.1. The van der Waals surface area contributed by atoms with E-state index in [1.54, 1.807) is 30.1 Å². The number of nitrogens with zero attached hydrogens (tertiary/aromatic N) is 4. The van der Waals surface area contributed by atoms with Gasteiger partial charge in [0, 0.05) is 18.4 Å². The molecule has 0 bridgehead atoms. The van der Waals surface area contributed by atoms with E-state index >= 15 is 0 Å². The number of carbonyl (C=O) groups excluding carboxylic acids is 1. The summed E-state index contributed by atoms with van der Waals surface area (Å²) in [6, 6.07) is 7.23. The number of amides is 1. The molecule has 3 rings (SSSR count). The number of likely N-dealkylation sites (N-methyl/N-ethyl adjacent to an activating group) is 1. The topological polar surface area (TPSA) is 81.9 Å². The molecule has 1 aliphatic rings. The van der Waals surface area contributed by atoms with E-state index in [-0.39, 0.29) is 17.3 Å². The molecule has 104 valence electrons. The summed E-state index contributed by atoms with van der Waals surface area (Å²) in [6.45, 7) is 0. The van der Waals surface area contributed by atoms with Gasteiger partial charge in [0.25, 0.3) is 0 Å². The van der Waals surface area contributed by atoms with Crippen molar-refractivity contribution in [1.82, 2.24) is 9.97 Å². The summed E-state index contributed by atoms with van der Waals surface area (Å²) in [5.74, 6) is 0.121. The largest absolute Gasteiger partial charge is 0.339 e. The Morgan fingerprint density at radius 2 is 2.29 bits per heavy atom. The maximum Gasteiger partial charge on any atom is 0.310 e. The Morgan fingerprint density at radius 3 is 3.05 bits per heavy atom. The zero-order valence-electron chi connectivity index (χ0n) is 11.1. The molecule has 0 saturated carbocycles. The molecule has 1 aromatic heterocycles. The van der Waals surface area contributed by atoms with Crippen LogP contribution in [-0.4, -0.2) is 22.9 Å². The molecule has 0 aliphatic carbocycles. The zero-order valence-corrected chi connectivity index (χ0v) is 11.1. The average molecular weight is 283 g/mol. The second-order valence-corrected chi connectivity index (χ2v) is 4.61. The van der Waals surface area contributed by atoms with Crippen molar-refractivity contribution in [3.8, 4) is 6.07 Å². The summed E-state index contributed by atoms with van der Waals surface area (Å²) in [5.41, 5.74) is 2.50. The number of halogens is 1. The average Bonchev–Trinajstić information content (AvgIpc) is 2.74. The van der Waals surface area contributed by atoms with Crippen molar-refractivity contribution in [2.45, 2.75) is 6.42 Å². The normalized spacial score (nSPS) is 13.0. The molecule has 0 saturated heterocycles. The van der Waals surface area contributed by atoms with Gasteiger partial charge in [-0.1, -0.05) is 0 Å². The summed E-state index contributed by atoms with van der Waals surface area (Å²) >= 11 is 0.